The van der Waals surface area contributed by atoms with Crippen LogP contribution in [0.4, 0.5) is 0 Å². The van der Waals surface area contributed by atoms with Gasteiger partial charge in [0.05, 0.1) is 0 Å². The smallest absolute Gasteiger partial charge is 0.0376 e. The Balaban J connectivity index is 2.80. The predicted octanol–water partition coefficient (Wildman–Crippen LogP) is 4.95. The molecule has 0 aromatic rings. The number of hydrogen-bond acceptors (Lipinski definition) is 2. The van der Waals surface area contributed by atoms with Crippen molar-refractivity contribution in [3.8, 4) is 0 Å². The molecule has 16 heavy (non-hydrogen) atoms. The number of halogens is 2. The monoisotopic (exact) mass is 306 g/mol. The summed E-state index contributed by atoms with van der Waals surface area (Å²) < 4.78 is 4.61. The number of rotatable bonds is 4. The lowest BCUT2D eigenvalue weighted by atomic mass is 10.0. The minimum Gasteiger partial charge on any atom is -0.179 e. The van der Waals surface area contributed by atoms with Gasteiger partial charge in [-0.05, 0) is 82.9 Å². The fraction of sp³-hybridized carbons (Fsp3) is 1.00. The van der Waals surface area contributed by atoms with E-state index in [-0.39, 0.29) is 11.1 Å². The van der Waals surface area contributed by atoms with Crippen LogP contribution in [0.2, 0.25) is 0 Å². The van der Waals surface area contributed by atoms with E-state index in [0.29, 0.717) is 0 Å². The van der Waals surface area contributed by atoms with Crippen LogP contribution >= 0.6 is 42.3 Å². The summed E-state index contributed by atoms with van der Waals surface area (Å²) in [5.41, 5.74) is 0.225. The van der Waals surface area contributed by atoms with E-state index in [9.17, 15) is 0 Å². The van der Waals surface area contributed by atoms with Gasteiger partial charge >= 0.3 is 0 Å². The van der Waals surface area contributed by atoms with Crippen molar-refractivity contribution in [1.82, 2.24) is 7.42 Å². The Morgan fingerprint density at radius 1 is 0.812 bits per heavy atom. The maximum Gasteiger partial charge on any atom is 0.0376 e. The van der Waals surface area contributed by atoms with Gasteiger partial charge in [-0.15, -0.1) is 0 Å². The van der Waals surface area contributed by atoms with E-state index in [1.807, 2.05) is 0 Å². The molecule has 1 rings (SSSR count). The second-order valence-electron chi connectivity index (χ2n) is 5.39. The van der Waals surface area contributed by atoms with Crippen molar-refractivity contribution in [3.63, 3.8) is 0 Å². The molecule has 0 spiro atoms. The van der Waals surface area contributed by atoms with Gasteiger partial charge in [0.15, 0.2) is 0 Å². The normalized spacial score (nSPS) is 33.8. The summed E-state index contributed by atoms with van der Waals surface area (Å²) >= 11 is 0. The molecule has 0 saturated carbocycles. The standard InChI is InChI=1S/C10H24Cl2N2S2/c1-7-9(3,4)13-15(11)14(16(13)12)10(5,6)8-2/h15-16H,7-8H2,1-6H3. The Kier molecular flexibility index (Phi) is 4.82. The topological polar surface area (TPSA) is 6.48 Å². The van der Waals surface area contributed by atoms with E-state index in [1.165, 1.54) is 0 Å². The lowest BCUT2D eigenvalue weighted by molar-refractivity contribution is 0.277. The first kappa shape index (κ1) is 15.3. The third-order valence-electron chi connectivity index (χ3n) is 3.44. The average molecular weight is 307 g/mol. The Hall–Kier alpha value is 1.20. The molecule has 1 fully saturated rings. The SMILES string of the molecule is CCC(C)(C)N1[SH](Cl)N(C(C)(C)CC)[SH]1Cl. The van der Waals surface area contributed by atoms with Crippen LogP contribution in [-0.2, 0) is 0 Å². The molecule has 0 bridgehead atoms. The van der Waals surface area contributed by atoms with E-state index in [0.717, 1.165) is 12.8 Å². The van der Waals surface area contributed by atoms with Crippen LogP contribution in [-0.4, -0.2) is 18.5 Å². The summed E-state index contributed by atoms with van der Waals surface area (Å²) in [5, 5.41) is 0. The molecule has 1 saturated heterocycles. The molecule has 100 valence electrons. The molecule has 0 radical (unpaired) electrons. The van der Waals surface area contributed by atoms with Crippen molar-refractivity contribution in [1.29, 1.82) is 0 Å². The van der Waals surface area contributed by atoms with Crippen LogP contribution in [0.15, 0.2) is 0 Å². The Labute approximate surface area is 115 Å². The summed E-state index contributed by atoms with van der Waals surface area (Å²) in [4.78, 5) is 0. The van der Waals surface area contributed by atoms with E-state index >= 15 is 0 Å². The van der Waals surface area contributed by atoms with Gasteiger partial charge in [-0.25, -0.2) is 0 Å². The Bertz CT molecular complexity index is 227. The average Bonchev–Trinajstić information content (AvgIpc) is 2.16. The largest absolute Gasteiger partial charge is 0.179 e. The Morgan fingerprint density at radius 3 is 1.25 bits per heavy atom. The van der Waals surface area contributed by atoms with Gasteiger partial charge in [0.2, 0.25) is 0 Å². The zero-order chi connectivity index (χ0) is 12.7. The molecule has 0 amide bonds. The van der Waals surface area contributed by atoms with Gasteiger partial charge in [0.25, 0.3) is 0 Å². The van der Waals surface area contributed by atoms with Crippen molar-refractivity contribution in [2.75, 3.05) is 0 Å². The van der Waals surface area contributed by atoms with E-state index in [2.05, 4.69) is 49.0 Å². The third kappa shape index (κ3) is 2.47. The molecule has 0 N–H and O–H groups in total. The van der Waals surface area contributed by atoms with Gasteiger partial charge < -0.3 is 0 Å². The van der Waals surface area contributed by atoms with Crippen LogP contribution < -0.4 is 0 Å². The van der Waals surface area contributed by atoms with E-state index in [4.69, 9.17) is 21.4 Å². The van der Waals surface area contributed by atoms with Crippen LogP contribution in [0.1, 0.15) is 54.4 Å². The molecule has 1 aliphatic heterocycles. The first-order chi connectivity index (χ1) is 7.19. The van der Waals surface area contributed by atoms with Crippen molar-refractivity contribution in [2.24, 2.45) is 0 Å². The van der Waals surface area contributed by atoms with Crippen LogP contribution in [0.5, 0.6) is 0 Å². The zero-order valence-electron chi connectivity index (χ0n) is 11.0. The van der Waals surface area contributed by atoms with E-state index in [1.54, 1.807) is 0 Å². The second-order valence-corrected chi connectivity index (χ2v) is 10.4. The maximum absolute atomic E-state index is 6.55. The Morgan fingerprint density at radius 2 is 1.06 bits per heavy atom. The van der Waals surface area contributed by atoms with Gasteiger partial charge in [-0.2, -0.15) is 7.42 Å². The summed E-state index contributed by atoms with van der Waals surface area (Å²) in [6, 6.07) is 0. The van der Waals surface area contributed by atoms with Crippen LogP contribution in [0.3, 0.4) is 0 Å². The van der Waals surface area contributed by atoms with Crippen molar-refractivity contribution >= 4 is 42.3 Å². The highest BCUT2D eigenvalue weighted by Gasteiger charge is 2.51. The molecule has 0 aromatic heterocycles. The molecule has 1 aliphatic rings. The highest BCUT2D eigenvalue weighted by atomic mass is 35.7. The highest BCUT2D eigenvalue weighted by Crippen LogP contribution is 2.75. The van der Waals surface area contributed by atoms with Crippen molar-refractivity contribution in [3.05, 3.63) is 0 Å². The fourth-order valence-corrected chi connectivity index (χ4v) is 10.9. The first-order valence-electron chi connectivity index (χ1n) is 5.71. The molecular weight excluding hydrogens is 283 g/mol. The molecule has 1 heterocycles. The minimum atomic E-state index is -0.736. The van der Waals surface area contributed by atoms with Gasteiger partial charge in [0.1, 0.15) is 0 Å². The minimum absolute atomic E-state index is 0.112. The van der Waals surface area contributed by atoms with Crippen LogP contribution in [0.25, 0.3) is 0 Å². The molecule has 0 aromatic carbocycles. The van der Waals surface area contributed by atoms with Crippen LogP contribution in [0, 0.1) is 0 Å². The van der Waals surface area contributed by atoms with Gasteiger partial charge in [-0.1, -0.05) is 13.8 Å². The molecule has 0 atom stereocenters. The van der Waals surface area contributed by atoms with Crippen molar-refractivity contribution < 1.29 is 0 Å². The molecular formula is C10H24Cl2N2S2. The van der Waals surface area contributed by atoms with E-state index < -0.39 is 21.0 Å². The second kappa shape index (κ2) is 5.06. The number of thiol groups is 2. The first-order valence-corrected chi connectivity index (χ1v) is 10.0. The fourth-order valence-electron chi connectivity index (χ4n) is 1.43. The zero-order valence-corrected chi connectivity index (χ0v) is 14.3. The molecule has 0 unspecified atom stereocenters. The predicted molar refractivity (Wildman–Crippen MR) is 82.1 cm³/mol. The summed E-state index contributed by atoms with van der Waals surface area (Å²) in [5.74, 6) is 0. The highest BCUT2D eigenvalue weighted by molar-refractivity contribution is 8.57. The van der Waals surface area contributed by atoms with Gasteiger partial charge in [-0.3, -0.25) is 0 Å². The number of hydrogen-bond donors (Lipinski definition) is 2. The molecule has 2 nitrogen and oxygen atoms in total. The number of nitrogens with zero attached hydrogens (tertiary/aromatic N) is 2. The quantitative estimate of drug-likeness (QED) is 0.709. The maximum atomic E-state index is 6.55. The van der Waals surface area contributed by atoms with Gasteiger partial charge in [0, 0.05) is 11.1 Å². The third-order valence-corrected chi connectivity index (χ3v) is 12.0. The molecule has 6 heteroatoms. The summed E-state index contributed by atoms with van der Waals surface area (Å²) in [7, 11) is 11.6. The lowest BCUT2D eigenvalue weighted by Gasteiger charge is -2.65. The summed E-state index contributed by atoms with van der Waals surface area (Å²) in [6.45, 7) is 13.3. The summed E-state index contributed by atoms with van der Waals surface area (Å²) in [6.07, 6.45) is 2.15. The lowest BCUT2D eigenvalue weighted by Crippen LogP contribution is -2.55. The van der Waals surface area contributed by atoms with Crippen molar-refractivity contribution in [2.45, 2.75) is 65.5 Å². The molecule has 0 aliphatic carbocycles.